The number of carboxylic acid groups (broad SMARTS) is 1. The zero-order chi connectivity index (χ0) is 51.0. The van der Waals surface area contributed by atoms with Gasteiger partial charge >= 0.3 is 18.2 Å². The van der Waals surface area contributed by atoms with E-state index in [1.165, 1.54) is 18.3 Å². The predicted molar refractivity (Wildman–Crippen MR) is 274 cm³/mol. The van der Waals surface area contributed by atoms with Crippen LogP contribution in [0.3, 0.4) is 0 Å². The molecule has 1 aromatic heterocycles. The number of thiazole rings is 1. The molecule has 376 valence electrons. The molecule has 4 aromatic carbocycles. The van der Waals surface area contributed by atoms with Crippen molar-refractivity contribution in [2.24, 2.45) is 10.1 Å². The largest absolute Gasteiger partial charge is 0.490 e. The van der Waals surface area contributed by atoms with Crippen molar-refractivity contribution in [3.05, 3.63) is 148 Å². The fourth-order valence-corrected chi connectivity index (χ4v) is 8.58. The summed E-state index contributed by atoms with van der Waals surface area (Å²) in [6.45, 7) is 14.6. The normalized spacial score (nSPS) is 12.9. The highest BCUT2D eigenvalue weighted by Crippen LogP contribution is 2.40. The standard InChI is InChI=1S/C53H64N8O9S/c1-37(62)56-48(60(29-17-27-54-49(65)69-51(2,3)4)30-18-28-55-50(66)70-52(5,6)7)61-34-38-25-26-43(33-39(38)35-61)67-31-32-68-59-45(46(63)64)44-36-71-47(57-44)58-53(40-19-11-8-12-20-40,41-21-13-9-14-22-41)42-23-15-10-16-24-42/h8-16,19-26,33,36H,17-18,27-32,34-35H2,1-7H3,(H,54,65)(H,55,66)(H,57,58)(H,63,64)/b56-48?,59-45-. The number of hydrogen-bond acceptors (Lipinski definition) is 12. The second-order valence-corrected chi connectivity index (χ2v) is 19.6. The smallest absolute Gasteiger partial charge is 0.407 e. The maximum atomic E-state index is 12.6. The predicted octanol–water partition coefficient (Wildman–Crippen LogP) is 8.78. The van der Waals surface area contributed by atoms with Gasteiger partial charge in [0, 0.05) is 51.6 Å². The van der Waals surface area contributed by atoms with E-state index >= 15 is 0 Å². The van der Waals surface area contributed by atoms with Crippen molar-refractivity contribution in [3.8, 4) is 5.75 Å². The molecule has 3 amide bonds. The number of nitrogens with zero attached hydrogens (tertiary/aromatic N) is 5. The first-order chi connectivity index (χ1) is 33.9. The third-order valence-corrected chi connectivity index (χ3v) is 11.5. The summed E-state index contributed by atoms with van der Waals surface area (Å²) in [6, 6.07) is 35.8. The molecule has 0 spiro atoms. The lowest BCUT2D eigenvalue weighted by atomic mass is 9.77. The fraction of sp³-hybridized carbons (Fsp3) is 0.377. The van der Waals surface area contributed by atoms with E-state index in [0.717, 1.165) is 27.8 Å². The van der Waals surface area contributed by atoms with Crippen LogP contribution in [-0.4, -0.2) is 106 Å². The van der Waals surface area contributed by atoms with E-state index in [-0.39, 0.29) is 30.5 Å². The van der Waals surface area contributed by atoms with Crippen molar-refractivity contribution in [2.75, 3.05) is 44.7 Å². The van der Waals surface area contributed by atoms with Gasteiger partial charge in [-0.25, -0.2) is 19.4 Å². The molecule has 1 aliphatic rings. The first-order valence-corrected chi connectivity index (χ1v) is 24.4. The molecule has 2 heterocycles. The SMILES string of the molecule is CC(=O)N=C(N(CCCNC(=O)OC(C)(C)C)CCCNC(=O)OC(C)(C)C)N1Cc2ccc(OCCO/N=C(\C(=O)O)c3csc(NC(c4ccccc4)(c4ccccc4)c4ccccc4)n3)cc2C1. The molecular formula is C53H64N8O9S. The highest BCUT2D eigenvalue weighted by Gasteiger charge is 2.37. The lowest BCUT2D eigenvalue weighted by Crippen LogP contribution is -2.45. The van der Waals surface area contributed by atoms with Crippen molar-refractivity contribution in [2.45, 2.75) is 91.1 Å². The Hall–Kier alpha value is -7.47. The number of anilines is 1. The lowest BCUT2D eigenvalue weighted by Gasteiger charge is -2.36. The number of oxime groups is 1. The van der Waals surface area contributed by atoms with Crippen LogP contribution in [0, 0.1) is 0 Å². The Bertz CT molecular complexity index is 2500. The van der Waals surface area contributed by atoms with E-state index < -0.39 is 34.9 Å². The number of aliphatic carboxylic acids is 1. The number of nitrogens with one attached hydrogen (secondary N) is 3. The molecule has 0 bridgehead atoms. The average molecular weight is 989 g/mol. The number of carbonyl (C=O) groups is 4. The molecule has 18 heteroatoms. The molecule has 5 aromatic rings. The Labute approximate surface area is 419 Å². The van der Waals surface area contributed by atoms with E-state index in [1.54, 1.807) is 46.9 Å². The number of fused-ring (bicyclic) bond motifs is 1. The van der Waals surface area contributed by atoms with Gasteiger partial charge in [-0.15, -0.1) is 11.3 Å². The number of carboxylic acids is 1. The van der Waals surface area contributed by atoms with Crippen LogP contribution in [0.25, 0.3) is 0 Å². The molecule has 0 radical (unpaired) electrons. The number of hydrogen-bond donors (Lipinski definition) is 4. The van der Waals surface area contributed by atoms with Gasteiger partial charge in [0.05, 0.1) is 0 Å². The summed E-state index contributed by atoms with van der Waals surface area (Å²) in [7, 11) is 0. The van der Waals surface area contributed by atoms with E-state index in [9.17, 15) is 24.3 Å². The Morgan fingerprint density at radius 1 is 0.732 bits per heavy atom. The van der Waals surface area contributed by atoms with E-state index in [2.05, 4.69) is 26.1 Å². The number of carbonyl (C=O) groups excluding carboxylic acids is 3. The minimum atomic E-state index is -1.30. The van der Waals surface area contributed by atoms with Gasteiger partial charge in [-0.2, -0.15) is 4.99 Å². The van der Waals surface area contributed by atoms with E-state index in [4.69, 9.17) is 24.0 Å². The van der Waals surface area contributed by atoms with Crippen LogP contribution in [0.5, 0.6) is 5.75 Å². The average Bonchev–Trinajstić information content (AvgIpc) is 3.97. The summed E-state index contributed by atoms with van der Waals surface area (Å²) in [6.07, 6.45) is 0.00550. The van der Waals surface area contributed by atoms with Gasteiger partial charge in [-0.05, 0) is 94.3 Å². The summed E-state index contributed by atoms with van der Waals surface area (Å²) in [4.78, 5) is 68.5. The summed E-state index contributed by atoms with van der Waals surface area (Å²) in [5.41, 5.74) is 2.55. The maximum Gasteiger partial charge on any atom is 0.407 e. The Kier molecular flexibility index (Phi) is 18.2. The fourth-order valence-electron chi connectivity index (χ4n) is 7.83. The Morgan fingerprint density at radius 2 is 1.25 bits per heavy atom. The number of alkyl carbamates (subject to hydrolysis) is 2. The number of amides is 3. The van der Waals surface area contributed by atoms with Crippen LogP contribution >= 0.6 is 11.3 Å². The molecule has 0 fully saturated rings. The third-order valence-electron chi connectivity index (χ3n) is 10.7. The topological polar surface area (TPSA) is 206 Å². The molecule has 0 saturated heterocycles. The number of benzene rings is 4. The van der Waals surface area contributed by atoms with E-state index in [0.29, 0.717) is 69.0 Å². The number of aliphatic imine (C=N–C) groups is 1. The number of guanidine groups is 1. The van der Waals surface area contributed by atoms with Crippen molar-refractivity contribution in [1.29, 1.82) is 0 Å². The molecule has 6 rings (SSSR count). The summed E-state index contributed by atoms with van der Waals surface area (Å²) in [5, 5.41) is 25.6. The van der Waals surface area contributed by atoms with Gasteiger partial charge in [-0.3, -0.25) is 4.79 Å². The lowest BCUT2D eigenvalue weighted by molar-refractivity contribution is -0.129. The van der Waals surface area contributed by atoms with Crippen LogP contribution in [0.1, 0.15) is 94.8 Å². The highest BCUT2D eigenvalue weighted by atomic mass is 32.1. The molecule has 0 aliphatic carbocycles. The molecule has 71 heavy (non-hydrogen) atoms. The van der Waals surface area contributed by atoms with Crippen LogP contribution < -0.4 is 20.7 Å². The zero-order valence-corrected chi connectivity index (χ0v) is 42.2. The van der Waals surface area contributed by atoms with Crippen molar-refractivity contribution >= 4 is 52.2 Å². The molecule has 0 saturated carbocycles. The van der Waals surface area contributed by atoms with Gasteiger partial charge in [0.2, 0.25) is 17.6 Å². The van der Waals surface area contributed by atoms with Gasteiger partial charge in [0.1, 0.15) is 34.8 Å². The van der Waals surface area contributed by atoms with Crippen molar-refractivity contribution < 1.29 is 43.3 Å². The molecule has 17 nitrogen and oxygen atoms in total. The minimum absolute atomic E-state index is 0.0513. The van der Waals surface area contributed by atoms with Crippen molar-refractivity contribution in [3.63, 3.8) is 0 Å². The molecule has 1 aliphatic heterocycles. The zero-order valence-electron chi connectivity index (χ0n) is 41.4. The summed E-state index contributed by atoms with van der Waals surface area (Å²) < 4.78 is 16.8. The first-order valence-electron chi connectivity index (χ1n) is 23.5. The summed E-state index contributed by atoms with van der Waals surface area (Å²) in [5.74, 6) is -0.640. The molecule has 4 N–H and O–H groups in total. The second-order valence-electron chi connectivity index (χ2n) is 18.7. The van der Waals surface area contributed by atoms with Crippen LogP contribution in [-0.2, 0) is 42.5 Å². The number of ether oxygens (including phenoxy) is 3. The van der Waals surface area contributed by atoms with Gasteiger partial charge < -0.3 is 49.9 Å². The van der Waals surface area contributed by atoms with Gasteiger partial charge in [0.15, 0.2) is 11.7 Å². The first kappa shape index (κ1) is 52.9. The second kappa shape index (κ2) is 24.4. The molecule has 0 unspecified atom stereocenters. The van der Waals surface area contributed by atoms with Gasteiger partial charge in [0.25, 0.3) is 0 Å². The Balaban J connectivity index is 1.09. The van der Waals surface area contributed by atoms with Crippen LogP contribution in [0.4, 0.5) is 14.7 Å². The molecular weight excluding hydrogens is 925 g/mol. The number of aromatic nitrogens is 1. The Morgan fingerprint density at radius 3 is 1.75 bits per heavy atom. The third kappa shape index (κ3) is 15.5. The van der Waals surface area contributed by atoms with Crippen LogP contribution in [0.2, 0.25) is 0 Å². The van der Waals surface area contributed by atoms with Crippen molar-refractivity contribution in [1.82, 2.24) is 25.4 Å². The van der Waals surface area contributed by atoms with Gasteiger partial charge in [-0.1, -0.05) is 102 Å². The number of rotatable bonds is 20. The summed E-state index contributed by atoms with van der Waals surface area (Å²) >= 11 is 1.26. The highest BCUT2D eigenvalue weighted by molar-refractivity contribution is 7.14. The monoisotopic (exact) mass is 988 g/mol. The quantitative estimate of drug-likeness (QED) is 0.0189. The maximum absolute atomic E-state index is 12.6. The molecule has 0 atom stereocenters. The minimum Gasteiger partial charge on any atom is -0.490 e. The van der Waals surface area contributed by atoms with E-state index in [1.807, 2.05) is 119 Å². The van der Waals surface area contributed by atoms with Crippen LogP contribution in [0.15, 0.2) is 125 Å².